The van der Waals surface area contributed by atoms with Crippen molar-refractivity contribution in [3.8, 4) is 0 Å². The predicted molar refractivity (Wildman–Crippen MR) is 115 cm³/mol. The van der Waals surface area contributed by atoms with Crippen LogP contribution < -0.4 is 10.2 Å². The summed E-state index contributed by atoms with van der Waals surface area (Å²) in [5.74, 6) is -1.44. The number of fused-ring (bicyclic) bond motifs is 2. The number of benzene rings is 2. The van der Waals surface area contributed by atoms with Crippen LogP contribution in [0.15, 0.2) is 53.5 Å². The summed E-state index contributed by atoms with van der Waals surface area (Å²) in [6, 6.07) is 13.3. The van der Waals surface area contributed by atoms with E-state index in [0.29, 0.717) is 36.6 Å². The third kappa shape index (κ3) is 3.36. The number of amides is 2. The Morgan fingerprint density at radius 1 is 1.19 bits per heavy atom. The monoisotopic (exact) mass is 433 g/mol. The van der Waals surface area contributed by atoms with Crippen LogP contribution >= 0.6 is 0 Å². The zero-order valence-electron chi connectivity index (χ0n) is 17.3. The van der Waals surface area contributed by atoms with Crippen LogP contribution in [0.5, 0.6) is 0 Å². The second-order valence-corrected chi connectivity index (χ2v) is 7.58. The molecule has 0 bridgehead atoms. The third-order valence-electron chi connectivity index (χ3n) is 5.65. The fraction of sp³-hybridized carbons (Fsp3) is 0.217. The summed E-state index contributed by atoms with van der Waals surface area (Å²) in [7, 11) is 1.61. The standard InChI is InChI=1S/C23H20FN5O3/c1-29-18-9-5-3-7-15(18)19(13-6-2-4-8-16(13)24)25-21(23(29)31)26-22(30)20-14-10-11-32-12-17(14)27-28-20/h2-9,21H,10-12H2,1H3,(H,26,30)(H,27,28). The van der Waals surface area contributed by atoms with E-state index >= 15 is 0 Å². The molecule has 3 aromatic rings. The highest BCUT2D eigenvalue weighted by atomic mass is 19.1. The number of anilines is 1. The smallest absolute Gasteiger partial charge is 0.274 e. The molecule has 32 heavy (non-hydrogen) atoms. The molecular formula is C23H20FN5O3. The largest absolute Gasteiger partial charge is 0.375 e. The topological polar surface area (TPSA) is 99.7 Å². The number of para-hydroxylation sites is 1. The van der Waals surface area contributed by atoms with E-state index in [1.807, 2.05) is 0 Å². The third-order valence-corrected chi connectivity index (χ3v) is 5.65. The molecule has 0 spiro atoms. The molecule has 1 atom stereocenters. The molecule has 0 fully saturated rings. The van der Waals surface area contributed by atoms with Gasteiger partial charge in [-0.3, -0.25) is 14.7 Å². The number of rotatable bonds is 3. The maximum absolute atomic E-state index is 14.7. The minimum atomic E-state index is -1.25. The first-order valence-corrected chi connectivity index (χ1v) is 10.2. The summed E-state index contributed by atoms with van der Waals surface area (Å²) < 4.78 is 20.1. The summed E-state index contributed by atoms with van der Waals surface area (Å²) in [6.07, 6.45) is -0.704. The lowest BCUT2D eigenvalue weighted by Gasteiger charge is -2.21. The summed E-state index contributed by atoms with van der Waals surface area (Å²) in [5.41, 5.74) is 3.43. The summed E-state index contributed by atoms with van der Waals surface area (Å²) in [5, 5.41) is 9.61. The molecule has 0 saturated heterocycles. The van der Waals surface area contributed by atoms with E-state index < -0.39 is 23.8 Å². The normalized spacial score (nSPS) is 17.8. The van der Waals surface area contributed by atoms with Gasteiger partial charge in [-0.2, -0.15) is 5.10 Å². The van der Waals surface area contributed by atoms with E-state index in [-0.39, 0.29) is 11.3 Å². The molecule has 162 valence electrons. The van der Waals surface area contributed by atoms with Crippen LogP contribution in [0.3, 0.4) is 0 Å². The van der Waals surface area contributed by atoms with Crippen LogP contribution in [-0.4, -0.2) is 47.5 Å². The number of H-pyrrole nitrogens is 1. The van der Waals surface area contributed by atoms with Gasteiger partial charge in [0.1, 0.15) is 5.82 Å². The number of nitrogens with one attached hydrogen (secondary N) is 2. The van der Waals surface area contributed by atoms with Gasteiger partial charge < -0.3 is 15.0 Å². The van der Waals surface area contributed by atoms with Gasteiger partial charge in [0.15, 0.2) is 5.69 Å². The molecule has 9 heteroatoms. The highest BCUT2D eigenvalue weighted by Gasteiger charge is 2.33. The van der Waals surface area contributed by atoms with E-state index in [4.69, 9.17) is 4.74 Å². The number of carbonyl (C=O) groups excluding carboxylic acids is 2. The summed E-state index contributed by atoms with van der Waals surface area (Å²) >= 11 is 0. The predicted octanol–water partition coefficient (Wildman–Crippen LogP) is 2.19. The number of aromatic nitrogens is 2. The van der Waals surface area contributed by atoms with Gasteiger partial charge in [0.05, 0.1) is 30.3 Å². The molecule has 2 N–H and O–H groups in total. The number of aliphatic imine (C=N–C) groups is 1. The van der Waals surface area contributed by atoms with Crippen molar-refractivity contribution < 1.29 is 18.7 Å². The zero-order valence-corrected chi connectivity index (χ0v) is 17.3. The lowest BCUT2D eigenvalue weighted by atomic mass is 10.00. The van der Waals surface area contributed by atoms with Crippen molar-refractivity contribution in [3.63, 3.8) is 0 Å². The first-order chi connectivity index (χ1) is 15.5. The van der Waals surface area contributed by atoms with Gasteiger partial charge in [0.25, 0.3) is 11.8 Å². The Kier molecular flexibility index (Phi) is 5.02. The van der Waals surface area contributed by atoms with Crippen molar-refractivity contribution in [3.05, 3.63) is 82.4 Å². The average molecular weight is 433 g/mol. The molecule has 8 nitrogen and oxygen atoms in total. The fourth-order valence-electron chi connectivity index (χ4n) is 4.00. The van der Waals surface area contributed by atoms with Crippen molar-refractivity contribution >= 4 is 23.2 Å². The van der Waals surface area contributed by atoms with E-state index in [1.54, 1.807) is 49.5 Å². The van der Waals surface area contributed by atoms with E-state index in [1.165, 1.54) is 11.0 Å². The molecule has 2 amide bonds. The van der Waals surface area contributed by atoms with E-state index in [2.05, 4.69) is 20.5 Å². The molecule has 2 aromatic carbocycles. The van der Waals surface area contributed by atoms with Crippen LogP contribution in [0.25, 0.3) is 0 Å². The van der Waals surface area contributed by atoms with Crippen molar-refractivity contribution in [2.45, 2.75) is 19.2 Å². The molecule has 5 rings (SSSR count). The molecule has 0 aliphatic carbocycles. The second-order valence-electron chi connectivity index (χ2n) is 7.58. The Labute approximate surface area is 183 Å². The first kappa shape index (κ1) is 20.1. The SMILES string of the molecule is CN1C(=O)C(NC(=O)c2n[nH]c3c2CCOC3)N=C(c2ccccc2F)c2ccccc21. The molecular weight excluding hydrogens is 413 g/mol. The lowest BCUT2D eigenvalue weighted by molar-refractivity contribution is -0.119. The average Bonchev–Trinajstić information content (AvgIpc) is 3.22. The van der Waals surface area contributed by atoms with E-state index in [9.17, 15) is 14.0 Å². The van der Waals surface area contributed by atoms with Gasteiger partial charge in [0.2, 0.25) is 6.17 Å². The van der Waals surface area contributed by atoms with Gasteiger partial charge in [-0.25, -0.2) is 9.38 Å². The number of halogens is 1. The Hall–Kier alpha value is -3.85. The zero-order chi connectivity index (χ0) is 22.2. The van der Waals surface area contributed by atoms with Gasteiger partial charge in [0, 0.05) is 30.2 Å². The number of nitrogens with zero attached hydrogens (tertiary/aromatic N) is 3. The minimum absolute atomic E-state index is 0.211. The Bertz CT molecular complexity index is 1250. The molecule has 3 heterocycles. The first-order valence-electron chi connectivity index (χ1n) is 10.2. The van der Waals surface area contributed by atoms with Gasteiger partial charge in [-0.1, -0.05) is 30.3 Å². The van der Waals surface area contributed by atoms with Gasteiger partial charge in [-0.05, 0) is 18.2 Å². The highest BCUT2D eigenvalue weighted by Crippen LogP contribution is 2.28. The number of hydrogen-bond acceptors (Lipinski definition) is 5. The number of carbonyl (C=O) groups is 2. The van der Waals surface area contributed by atoms with Gasteiger partial charge >= 0.3 is 0 Å². The number of benzodiazepines with no additional fused rings is 1. The van der Waals surface area contributed by atoms with Crippen LogP contribution in [-0.2, 0) is 22.6 Å². The maximum atomic E-state index is 14.7. The van der Waals surface area contributed by atoms with Gasteiger partial charge in [-0.15, -0.1) is 0 Å². The Morgan fingerprint density at radius 3 is 2.75 bits per heavy atom. The quantitative estimate of drug-likeness (QED) is 0.661. The van der Waals surface area contributed by atoms with Crippen molar-refractivity contribution in [2.75, 3.05) is 18.6 Å². The highest BCUT2D eigenvalue weighted by molar-refractivity contribution is 6.20. The molecule has 2 aliphatic heterocycles. The Balaban J connectivity index is 1.57. The van der Waals surface area contributed by atoms with Crippen molar-refractivity contribution in [2.24, 2.45) is 4.99 Å². The second kappa shape index (κ2) is 8.01. The minimum Gasteiger partial charge on any atom is -0.375 e. The lowest BCUT2D eigenvalue weighted by Crippen LogP contribution is -2.46. The molecule has 0 radical (unpaired) electrons. The van der Waals surface area contributed by atoms with Crippen LogP contribution in [0.1, 0.15) is 32.9 Å². The molecule has 1 unspecified atom stereocenters. The van der Waals surface area contributed by atoms with Crippen molar-refractivity contribution in [1.29, 1.82) is 0 Å². The van der Waals surface area contributed by atoms with Crippen LogP contribution in [0.4, 0.5) is 10.1 Å². The molecule has 1 aromatic heterocycles. The maximum Gasteiger partial charge on any atom is 0.274 e. The molecule has 0 saturated carbocycles. The fourth-order valence-corrected chi connectivity index (χ4v) is 4.00. The number of hydrogen-bond donors (Lipinski definition) is 2. The number of aromatic amines is 1. The summed E-state index contributed by atoms with van der Waals surface area (Å²) in [6.45, 7) is 0.842. The molecule has 2 aliphatic rings. The van der Waals surface area contributed by atoms with Crippen LogP contribution in [0, 0.1) is 5.82 Å². The number of ether oxygens (including phenoxy) is 1. The Morgan fingerprint density at radius 2 is 1.94 bits per heavy atom. The van der Waals surface area contributed by atoms with Crippen molar-refractivity contribution in [1.82, 2.24) is 15.5 Å². The van der Waals surface area contributed by atoms with Crippen LogP contribution in [0.2, 0.25) is 0 Å². The summed E-state index contributed by atoms with van der Waals surface area (Å²) in [4.78, 5) is 32.2. The van der Waals surface area contributed by atoms with E-state index in [0.717, 1.165) is 11.3 Å². The number of likely N-dealkylation sites (N-methyl/N-ethyl adjacent to an activating group) is 1.